The number of hydrogen-bond acceptors (Lipinski definition) is 9. The van der Waals surface area contributed by atoms with Gasteiger partial charge in [0.15, 0.2) is 0 Å². The van der Waals surface area contributed by atoms with E-state index >= 15 is 0 Å². The van der Waals surface area contributed by atoms with Gasteiger partial charge in [-0.2, -0.15) is 12.6 Å². The lowest BCUT2D eigenvalue weighted by atomic mass is 10.0. The number of nitrogens with zero attached hydrogens (tertiary/aromatic N) is 1. The molecule has 0 spiro atoms. The second-order valence-corrected chi connectivity index (χ2v) is 8.53. The van der Waals surface area contributed by atoms with E-state index < -0.39 is 47.9 Å². The maximum atomic E-state index is 13.1. The van der Waals surface area contributed by atoms with Crippen LogP contribution in [0.3, 0.4) is 0 Å². The average molecular weight is 515 g/mol. The fourth-order valence-corrected chi connectivity index (χ4v) is 3.51. The minimum Gasteiger partial charge on any atom is -0.480 e. The number of aromatic amines is 1. The Hall–Kier alpha value is -2.68. The summed E-state index contributed by atoms with van der Waals surface area (Å²) in [6, 6.07) is -4.09. The highest BCUT2D eigenvalue weighted by atomic mass is 32.1. The standard InChI is InChI=1S/C21H38N8O5S/c22-7-3-1-5-15(27-18(30)14(24)9-13-10-25-12-26-13)19(31)28-16(6-2-4-8-23)20(32)29-17(11-35)21(33)34/h10,12,14-17,35H,1-9,11,22-24H2,(H,25,26)(H,27,30)(H,28,31)(H,29,32)(H,33,34). The first-order valence-electron chi connectivity index (χ1n) is 11.6. The molecule has 11 N–H and O–H groups in total. The molecule has 0 aliphatic rings. The van der Waals surface area contributed by atoms with Crippen LogP contribution in [-0.2, 0) is 25.6 Å². The quantitative estimate of drug-likeness (QED) is 0.0778. The topological polar surface area (TPSA) is 231 Å². The van der Waals surface area contributed by atoms with Crippen molar-refractivity contribution in [2.45, 2.75) is 69.1 Å². The van der Waals surface area contributed by atoms with Crippen molar-refractivity contribution in [3.05, 3.63) is 18.2 Å². The van der Waals surface area contributed by atoms with Crippen LogP contribution < -0.4 is 33.2 Å². The SMILES string of the molecule is NCCCCC(NC(=O)C(N)Cc1cnc[nH]1)C(=O)NC(CCCCN)C(=O)NC(CS)C(=O)O. The van der Waals surface area contributed by atoms with Crippen molar-refractivity contribution < 1.29 is 24.3 Å². The summed E-state index contributed by atoms with van der Waals surface area (Å²) in [5.74, 6) is -3.11. The van der Waals surface area contributed by atoms with Gasteiger partial charge in [-0.25, -0.2) is 9.78 Å². The number of unbranched alkanes of at least 4 members (excludes halogenated alkanes) is 2. The lowest BCUT2D eigenvalue weighted by Crippen LogP contribution is -2.57. The minimum absolute atomic E-state index is 0.115. The summed E-state index contributed by atoms with van der Waals surface area (Å²) >= 11 is 3.95. The maximum Gasteiger partial charge on any atom is 0.327 e. The number of imidazole rings is 1. The number of aromatic nitrogens is 2. The second-order valence-electron chi connectivity index (χ2n) is 8.16. The van der Waals surface area contributed by atoms with Crippen LogP contribution in [0.2, 0.25) is 0 Å². The summed E-state index contributed by atoms with van der Waals surface area (Å²) in [7, 11) is 0. The first-order valence-corrected chi connectivity index (χ1v) is 12.2. The van der Waals surface area contributed by atoms with E-state index in [0.29, 0.717) is 44.5 Å². The highest BCUT2D eigenvalue weighted by Crippen LogP contribution is 2.07. The number of H-pyrrole nitrogens is 1. The number of carbonyl (C=O) groups excluding carboxylic acids is 3. The van der Waals surface area contributed by atoms with Crippen LogP contribution in [0.15, 0.2) is 12.5 Å². The summed E-state index contributed by atoms with van der Waals surface area (Å²) in [6.45, 7) is 0.828. The number of amides is 3. The second kappa shape index (κ2) is 16.9. The molecule has 0 aromatic carbocycles. The number of nitrogens with two attached hydrogens (primary N) is 3. The number of thiol groups is 1. The van der Waals surface area contributed by atoms with Gasteiger partial charge in [0.25, 0.3) is 0 Å². The monoisotopic (exact) mass is 514 g/mol. The molecule has 1 aromatic heterocycles. The van der Waals surface area contributed by atoms with E-state index in [0.717, 1.165) is 0 Å². The zero-order chi connectivity index (χ0) is 26.2. The molecule has 14 heteroatoms. The molecule has 0 aliphatic heterocycles. The lowest BCUT2D eigenvalue weighted by molar-refractivity contribution is -0.141. The number of aliphatic carboxylic acids is 1. The van der Waals surface area contributed by atoms with E-state index in [1.165, 1.54) is 6.33 Å². The summed E-state index contributed by atoms with van der Waals surface area (Å²) in [5, 5.41) is 16.9. The molecule has 1 rings (SSSR count). The van der Waals surface area contributed by atoms with E-state index in [2.05, 4.69) is 38.5 Å². The van der Waals surface area contributed by atoms with Gasteiger partial charge in [-0.1, -0.05) is 0 Å². The summed E-state index contributed by atoms with van der Waals surface area (Å²) in [4.78, 5) is 56.5. The Morgan fingerprint density at radius 2 is 1.43 bits per heavy atom. The number of nitrogens with one attached hydrogen (secondary N) is 4. The smallest absolute Gasteiger partial charge is 0.327 e. The van der Waals surface area contributed by atoms with Crippen LogP contribution in [0, 0.1) is 0 Å². The number of carboxylic acids is 1. The van der Waals surface area contributed by atoms with E-state index in [9.17, 15) is 24.3 Å². The molecule has 1 heterocycles. The van der Waals surface area contributed by atoms with Crippen molar-refractivity contribution in [3.63, 3.8) is 0 Å². The Morgan fingerprint density at radius 3 is 1.86 bits per heavy atom. The van der Waals surface area contributed by atoms with E-state index in [4.69, 9.17) is 17.2 Å². The van der Waals surface area contributed by atoms with Crippen molar-refractivity contribution in [1.29, 1.82) is 0 Å². The van der Waals surface area contributed by atoms with Crippen LogP contribution in [0.4, 0.5) is 0 Å². The fraction of sp³-hybridized carbons (Fsp3) is 0.667. The molecule has 0 bridgehead atoms. The van der Waals surface area contributed by atoms with Gasteiger partial charge in [0.05, 0.1) is 12.4 Å². The zero-order valence-corrected chi connectivity index (χ0v) is 20.6. The Morgan fingerprint density at radius 1 is 0.914 bits per heavy atom. The molecule has 35 heavy (non-hydrogen) atoms. The van der Waals surface area contributed by atoms with Gasteiger partial charge in [0, 0.05) is 24.1 Å². The summed E-state index contributed by atoms with van der Waals surface area (Å²) in [6.07, 6.45) is 6.12. The molecule has 0 saturated heterocycles. The fourth-order valence-electron chi connectivity index (χ4n) is 3.26. The number of hydrogen-bond donors (Lipinski definition) is 9. The molecular formula is C21H38N8O5S. The van der Waals surface area contributed by atoms with E-state index in [-0.39, 0.29) is 25.0 Å². The van der Waals surface area contributed by atoms with Crippen molar-refractivity contribution in [3.8, 4) is 0 Å². The third-order valence-electron chi connectivity index (χ3n) is 5.29. The Bertz CT molecular complexity index is 795. The van der Waals surface area contributed by atoms with Gasteiger partial charge >= 0.3 is 5.97 Å². The third-order valence-corrected chi connectivity index (χ3v) is 5.65. The van der Waals surface area contributed by atoms with E-state index in [1.807, 2.05) is 0 Å². The molecule has 13 nitrogen and oxygen atoms in total. The number of carboxylic acid groups (broad SMARTS) is 1. The molecule has 0 radical (unpaired) electrons. The van der Waals surface area contributed by atoms with Gasteiger partial charge < -0.3 is 43.2 Å². The summed E-state index contributed by atoms with van der Waals surface area (Å²) in [5.41, 5.74) is 17.7. The molecule has 198 valence electrons. The van der Waals surface area contributed by atoms with Gasteiger partial charge in [0.1, 0.15) is 18.1 Å². The molecule has 4 unspecified atom stereocenters. The number of rotatable bonds is 18. The highest BCUT2D eigenvalue weighted by molar-refractivity contribution is 7.80. The average Bonchev–Trinajstić information content (AvgIpc) is 3.33. The van der Waals surface area contributed by atoms with Gasteiger partial charge in [-0.3, -0.25) is 14.4 Å². The van der Waals surface area contributed by atoms with Gasteiger partial charge in [0.2, 0.25) is 17.7 Å². The van der Waals surface area contributed by atoms with Crippen LogP contribution >= 0.6 is 12.6 Å². The molecule has 0 aliphatic carbocycles. The zero-order valence-electron chi connectivity index (χ0n) is 19.7. The van der Waals surface area contributed by atoms with E-state index in [1.54, 1.807) is 6.20 Å². The van der Waals surface area contributed by atoms with Crippen LogP contribution in [0.1, 0.15) is 44.2 Å². The molecule has 0 saturated carbocycles. The predicted octanol–water partition coefficient (Wildman–Crippen LogP) is -1.99. The normalized spacial score (nSPS) is 14.4. The molecule has 0 fully saturated rings. The maximum absolute atomic E-state index is 13.1. The van der Waals surface area contributed by atoms with Crippen molar-refractivity contribution in [2.24, 2.45) is 17.2 Å². The Kier molecular flexibility index (Phi) is 14.6. The van der Waals surface area contributed by atoms with Crippen LogP contribution in [0.5, 0.6) is 0 Å². The molecule has 4 atom stereocenters. The lowest BCUT2D eigenvalue weighted by Gasteiger charge is -2.25. The first kappa shape index (κ1) is 30.4. The molecule has 3 amide bonds. The summed E-state index contributed by atoms with van der Waals surface area (Å²) < 4.78 is 0. The van der Waals surface area contributed by atoms with Crippen molar-refractivity contribution in [2.75, 3.05) is 18.8 Å². The largest absolute Gasteiger partial charge is 0.480 e. The minimum atomic E-state index is -1.24. The van der Waals surface area contributed by atoms with Gasteiger partial charge in [-0.05, 0) is 51.6 Å². The third kappa shape index (κ3) is 11.5. The predicted molar refractivity (Wildman–Crippen MR) is 133 cm³/mol. The molecular weight excluding hydrogens is 476 g/mol. The molecule has 1 aromatic rings. The highest BCUT2D eigenvalue weighted by Gasteiger charge is 2.29. The first-order chi connectivity index (χ1) is 16.7. The van der Waals surface area contributed by atoms with Crippen LogP contribution in [-0.4, -0.2) is 81.8 Å². The van der Waals surface area contributed by atoms with Crippen LogP contribution in [0.25, 0.3) is 0 Å². The van der Waals surface area contributed by atoms with Gasteiger partial charge in [-0.15, -0.1) is 0 Å². The van der Waals surface area contributed by atoms with Crippen molar-refractivity contribution in [1.82, 2.24) is 25.9 Å². The Labute approximate surface area is 210 Å². The number of carbonyl (C=O) groups is 4. The van der Waals surface area contributed by atoms with Crippen molar-refractivity contribution >= 4 is 36.3 Å². The Balaban J connectivity index is 2.91.